The Balaban J connectivity index is 2.26. The molecule has 2 rings (SSSR count). The number of anilines is 1. The summed E-state index contributed by atoms with van der Waals surface area (Å²) in [5.41, 5.74) is 1.89. The smallest absolute Gasteiger partial charge is 0.331 e. The van der Waals surface area contributed by atoms with Gasteiger partial charge in [-0.15, -0.1) is 11.3 Å². The summed E-state index contributed by atoms with van der Waals surface area (Å²) in [5.74, 6) is -0.939. The third kappa shape index (κ3) is 3.49. The number of nitrogens with one attached hydrogen (secondary N) is 1. The van der Waals surface area contributed by atoms with Crippen molar-refractivity contribution in [2.45, 2.75) is 13.0 Å². The molecule has 0 aliphatic rings. The highest BCUT2D eigenvalue weighted by atomic mass is 79.9. The second-order valence-corrected chi connectivity index (χ2v) is 6.59. The molecule has 1 atom stereocenters. The third-order valence-corrected chi connectivity index (χ3v) is 5.10. The summed E-state index contributed by atoms with van der Waals surface area (Å²) in [4.78, 5) is 12.0. The molecule has 0 radical (unpaired) electrons. The van der Waals surface area contributed by atoms with E-state index in [-0.39, 0.29) is 0 Å². The van der Waals surface area contributed by atoms with Gasteiger partial charge in [0.1, 0.15) is 4.34 Å². The highest BCUT2D eigenvalue weighted by Crippen LogP contribution is 2.36. The number of benzene rings is 1. The fraction of sp³-hybridized carbons (Fsp3) is 0.154. The zero-order valence-electron chi connectivity index (χ0n) is 9.98. The van der Waals surface area contributed by atoms with Gasteiger partial charge >= 0.3 is 5.97 Å². The normalized spacial score (nSPS) is 12.2. The van der Waals surface area contributed by atoms with Gasteiger partial charge in [0.2, 0.25) is 0 Å². The predicted octanol–water partition coefficient (Wildman–Crippen LogP) is 4.71. The van der Waals surface area contributed by atoms with Crippen LogP contribution in [-0.2, 0) is 4.79 Å². The maximum absolute atomic E-state index is 11.4. The monoisotopic (exact) mass is 359 g/mol. The van der Waals surface area contributed by atoms with Crippen LogP contribution in [0.3, 0.4) is 0 Å². The number of aryl methyl sites for hydroxylation is 1. The quantitative estimate of drug-likeness (QED) is 0.830. The lowest BCUT2D eigenvalue weighted by molar-refractivity contribution is -0.138. The van der Waals surface area contributed by atoms with E-state index in [1.165, 1.54) is 11.3 Å². The highest BCUT2D eigenvalue weighted by Gasteiger charge is 2.22. The van der Waals surface area contributed by atoms with Crippen LogP contribution >= 0.6 is 38.9 Å². The number of aliphatic carboxylic acids is 1. The largest absolute Gasteiger partial charge is 0.479 e. The standard InChI is InChI=1S/C13H11BrClNO2S/c1-7-2-4-8(5-3-7)16-11(13(17)18)10-6-9(14)12(15)19-10/h2-6,11,16H,1H3,(H,17,18). The van der Waals surface area contributed by atoms with Crippen molar-refractivity contribution in [1.29, 1.82) is 0 Å². The number of hydrogen-bond acceptors (Lipinski definition) is 3. The average Bonchev–Trinajstić information content (AvgIpc) is 2.68. The second-order valence-electron chi connectivity index (χ2n) is 4.05. The Labute approximate surface area is 128 Å². The van der Waals surface area contributed by atoms with E-state index < -0.39 is 12.0 Å². The van der Waals surface area contributed by atoms with Gasteiger partial charge in [-0.2, -0.15) is 0 Å². The van der Waals surface area contributed by atoms with E-state index in [1.54, 1.807) is 6.07 Å². The van der Waals surface area contributed by atoms with Crippen molar-refractivity contribution in [2.75, 3.05) is 5.32 Å². The van der Waals surface area contributed by atoms with E-state index in [9.17, 15) is 9.90 Å². The molecule has 0 fully saturated rings. The summed E-state index contributed by atoms with van der Waals surface area (Å²) < 4.78 is 1.26. The van der Waals surface area contributed by atoms with Crippen LogP contribution in [0.15, 0.2) is 34.8 Å². The molecule has 0 saturated carbocycles. The van der Waals surface area contributed by atoms with E-state index in [4.69, 9.17) is 11.6 Å². The molecular formula is C13H11BrClNO2S. The number of halogens is 2. The van der Waals surface area contributed by atoms with Crippen LogP contribution in [0.1, 0.15) is 16.5 Å². The zero-order valence-corrected chi connectivity index (χ0v) is 13.1. The molecule has 1 aromatic heterocycles. The van der Waals surface area contributed by atoms with Crippen LogP contribution in [0.2, 0.25) is 4.34 Å². The lowest BCUT2D eigenvalue weighted by Crippen LogP contribution is -2.19. The first-order chi connectivity index (χ1) is 8.97. The molecule has 0 saturated heterocycles. The fourth-order valence-electron chi connectivity index (χ4n) is 1.58. The van der Waals surface area contributed by atoms with Crippen molar-refractivity contribution in [3.05, 3.63) is 49.6 Å². The molecule has 19 heavy (non-hydrogen) atoms. The Hall–Kier alpha value is -1.04. The lowest BCUT2D eigenvalue weighted by Gasteiger charge is -2.14. The van der Waals surface area contributed by atoms with Crippen molar-refractivity contribution in [1.82, 2.24) is 0 Å². The Bertz CT molecular complexity index is 578. The maximum atomic E-state index is 11.4. The molecule has 0 aliphatic carbocycles. The Morgan fingerprint density at radius 3 is 2.53 bits per heavy atom. The van der Waals surface area contributed by atoms with Gasteiger partial charge in [0.15, 0.2) is 6.04 Å². The van der Waals surface area contributed by atoms with Gasteiger partial charge in [-0.1, -0.05) is 29.3 Å². The molecule has 0 spiro atoms. The zero-order chi connectivity index (χ0) is 14.0. The number of rotatable bonds is 4. The van der Waals surface area contributed by atoms with Crippen LogP contribution in [-0.4, -0.2) is 11.1 Å². The van der Waals surface area contributed by atoms with Crippen molar-refractivity contribution in [3.63, 3.8) is 0 Å². The van der Waals surface area contributed by atoms with E-state index >= 15 is 0 Å². The number of carboxylic acid groups (broad SMARTS) is 1. The molecule has 2 aromatic rings. The van der Waals surface area contributed by atoms with Crippen molar-refractivity contribution < 1.29 is 9.90 Å². The van der Waals surface area contributed by atoms with Gasteiger partial charge in [0.05, 0.1) is 0 Å². The van der Waals surface area contributed by atoms with E-state index in [0.717, 1.165) is 11.3 Å². The molecule has 1 heterocycles. The Kier molecular flexibility index (Phi) is 4.50. The summed E-state index contributed by atoms with van der Waals surface area (Å²) >= 11 is 10.5. The topological polar surface area (TPSA) is 49.3 Å². The van der Waals surface area contributed by atoms with Crippen LogP contribution in [0, 0.1) is 6.92 Å². The summed E-state index contributed by atoms with van der Waals surface area (Å²) in [5, 5.41) is 12.3. The molecule has 6 heteroatoms. The summed E-state index contributed by atoms with van der Waals surface area (Å²) in [6.07, 6.45) is 0. The van der Waals surface area contributed by atoms with Crippen molar-refractivity contribution in [2.24, 2.45) is 0 Å². The van der Waals surface area contributed by atoms with Gasteiger partial charge in [-0.05, 0) is 41.1 Å². The van der Waals surface area contributed by atoms with Crippen LogP contribution < -0.4 is 5.32 Å². The SMILES string of the molecule is Cc1ccc(NC(C(=O)O)c2cc(Br)c(Cl)s2)cc1. The number of hydrogen-bond donors (Lipinski definition) is 2. The van der Waals surface area contributed by atoms with Crippen LogP contribution in [0.25, 0.3) is 0 Å². The number of carboxylic acids is 1. The molecule has 1 unspecified atom stereocenters. The fourth-order valence-corrected chi connectivity index (χ4v) is 3.36. The lowest BCUT2D eigenvalue weighted by atomic mass is 10.2. The number of thiophene rings is 1. The predicted molar refractivity (Wildman–Crippen MR) is 82.2 cm³/mol. The van der Waals surface area contributed by atoms with Gasteiger partial charge in [-0.3, -0.25) is 0 Å². The first-order valence-electron chi connectivity index (χ1n) is 5.48. The summed E-state index contributed by atoms with van der Waals surface area (Å²) in [6, 6.07) is 8.49. The molecule has 0 amide bonds. The van der Waals surface area contributed by atoms with Crippen molar-refractivity contribution in [3.8, 4) is 0 Å². The molecule has 2 N–H and O–H groups in total. The van der Waals surface area contributed by atoms with Crippen LogP contribution in [0.4, 0.5) is 5.69 Å². The summed E-state index contributed by atoms with van der Waals surface area (Å²) in [6.45, 7) is 1.98. The summed E-state index contributed by atoms with van der Waals surface area (Å²) in [7, 11) is 0. The minimum absolute atomic E-state index is 0.548. The van der Waals surface area contributed by atoms with E-state index in [2.05, 4.69) is 21.2 Å². The van der Waals surface area contributed by atoms with Crippen LogP contribution in [0.5, 0.6) is 0 Å². The Morgan fingerprint density at radius 1 is 1.42 bits per heavy atom. The molecular weight excluding hydrogens is 350 g/mol. The first-order valence-corrected chi connectivity index (χ1v) is 7.47. The highest BCUT2D eigenvalue weighted by molar-refractivity contribution is 9.10. The molecule has 0 bridgehead atoms. The molecule has 0 aliphatic heterocycles. The van der Waals surface area contributed by atoms with Gasteiger partial charge in [0, 0.05) is 15.0 Å². The van der Waals surface area contributed by atoms with Gasteiger partial charge in [-0.25, -0.2) is 4.79 Å². The minimum atomic E-state index is -0.939. The van der Waals surface area contributed by atoms with E-state index in [0.29, 0.717) is 13.7 Å². The Morgan fingerprint density at radius 2 is 2.05 bits per heavy atom. The molecule has 100 valence electrons. The first kappa shape index (κ1) is 14.4. The average molecular weight is 361 g/mol. The number of carbonyl (C=O) groups is 1. The molecule has 1 aromatic carbocycles. The van der Waals surface area contributed by atoms with E-state index in [1.807, 2.05) is 31.2 Å². The second kappa shape index (κ2) is 5.94. The maximum Gasteiger partial charge on any atom is 0.331 e. The molecule has 3 nitrogen and oxygen atoms in total. The minimum Gasteiger partial charge on any atom is -0.479 e. The van der Waals surface area contributed by atoms with Gasteiger partial charge < -0.3 is 10.4 Å². The van der Waals surface area contributed by atoms with Gasteiger partial charge in [0.25, 0.3) is 0 Å². The third-order valence-electron chi connectivity index (χ3n) is 2.56. The van der Waals surface area contributed by atoms with Crippen molar-refractivity contribution >= 4 is 50.5 Å².